The van der Waals surface area contributed by atoms with Gasteiger partial charge in [0.05, 0.1) is 11.7 Å². The predicted molar refractivity (Wildman–Crippen MR) is 79.2 cm³/mol. The summed E-state index contributed by atoms with van der Waals surface area (Å²) in [6, 6.07) is 5.60. The molecule has 0 saturated carbocycles. The van der Waals surface area contributed by atoms with Gasteiger partial charge in [-0.2, -0.15) is 8.42 Å². The number of amides is 1. The van der Waals surface area contributed by atoms with Crippen molar-refractivity contribution in [2.45, 2.75) is 26.3 Å². The first-order chi connectivity index (χ1) is 9.23. The highest BCUT2D eigenvalue weighted by Gasteiger charge is 2.19. The van der Waals surface area contributed by atoms with Crippen LogP contribution in [0.25, 0.3) is 0 Å². The van der Waals surface area contributed by atoms with Gasteiger partial charge in [0.1, 0.15) is 0 Å². The maximum atomic E-state index is 11.9. The standard InChI is InChI=1S/C12H20N4O3S/c1-3-8(2)11(13)12(17)15-9-5-4-6-10(7-9)16-20(14,18)19/h4-8,11,16H,3,13H2,1-2H3,(H,15,17)(H2,14,18,19)/t8-,11-/m0/s1. The minimum absolute atomic E-state index is 0.0562. The zero-order valence-electron chi connectivity index (χ0n) is 11.5. The summed E-state index contributed by atoms with van der Waals surface area (Å²) in [4.78, 5) is 11.9. The van der Waals surface area contributed by atoms with Crippen LogP contribution in [0.5, 0.6) is 0 Å². The van der Waals surface area contributed by atoms with Crippen LogP contribution in [0.1, 0.15) is 20.3 Å². The van der Waals surface area contributed by atoms with Gasteiger partial charge in [-0.1, -0.05) is 26.3 Å². The fourth-order valence-electron chi connectivity index (χ4n) is 1.56. The molecule has 1 aromatic rings. The van der Waals surface area contributed by atoms with E-state index < -0.39 is 16.3 Å². The van der Waals surface area contributed by atoms with Crippen molar-refractivity contribution in [3.05, 3.63) is 24.3 Å². The molecule has 0 aliphatic rings. The van der Waals surface area contributed by atoms with Crippen LogP contribution in [0.4, 0.5) is 11.4 Å². The zero-order valence-corrected chi connectivity index (χ0v) is 12.3. The monoisotopic (exact) mass is 300 g/mol. The van der Waals surface area contributed by atoms with Crippen LogP contribution in [-0.2, 0) is 15.0 Å². The van der Waals surface area contributed by atoms with E-state index in [1.807, 2.05) is 13.8 Å². The lowest BCUT2D eigenvalue weighted by Gasteiger charge is -2.18. The second kappa shape index (κ2) is 6.69. The van der Waals surface area contributed by atoms with E-state index in [1.165, 1.54) is 12.1 Å². The van der Waals surface area contributed by atoms with Crippen molar-refractivity contribution < 1.29 is 13.2 Å². The van der Waals surface area contributed by atoms with Crippen molar-refractivity contribution in [2.24, 2.45) is 16.8 Å². The minimum atomic E-state index is -3.84. The summed E-state index contributed by atoms with van der Waals surface area (Å²) in [5.41, 5.74) is 6.53. The molecule has 0 aromatic heterocycles. The average molecular weight is 300 g/mol. The van der Waals surface area contributed by atoms with Gasteiger partial charge in [0.2, 0.25) is 5.91 Å². The number of hydrogen-bond acceptors (Lipinski definition) is 4. The third-order valence-corrected chi connectivity index (χ3v) is 3.47. The fourth-order valence-corrected chi connectivity index (χ4v) is 2.02. The Labute approximate surface area is 118 Å². The third-order valence-electron chi connectivity index (χ3n) is 2.95. The van der Waals surface area contributed by atoms with Gasteiger partial charge in [0, 0.05) is 5.69 Å². The van der Waals surface area contributed by atoms with E-state index >= 15 is 0 Å². The van der Waals surface area contributed by atoms with Crippen molar-refractivity contribution in [2.75, 3.05) is 10.0 Å². The Morgan fingerprint density at radius 3 is 2.50 bits per heavy atom. The number of nitrogens with one attached hydrogen (secondary N) is 2. The van der Waals surface area contributed by atoms with Crippen LogP contribution in [0.3, 0.4) is 0 Å². The van der Waals surface area contributed by atoms with Gasteiger partial charge in [-0.3, -0.25) is 9.52 Å². The summed E-state index contributed by atoms with van der Waals surface area (Å²) in [7, 11) is -3.84. The SMILES string of the molecule is CC[C@H](C)[C@H](N)C(=O)Nc1cccc(NS(N)(=O)=O)c1. The summed E-state index contributed by atoms with van der Waals surface area (Å²) >= 11 is 0. The molecule has 0 radical (unpaired) electrons. The number of nitrogens with two attached hydrogens (primary N) is 2. The summed E-state index contributed by atoms with van der Waals surface area (Å²) in [5.74, 6) is -0.257. The highest BCUT2D eigenvalue weighted by atomic mass is 32.2. The Kier molecular flexibility index (Phi) is 5.49. The molecule has 112 valence electrons. The molecule has 8 heteroatoms. The smallest absolute Gasteiger partial charge is 0.296 e. The largest absolute Gasteiger partial charge is 0.325 e. The number of hydrogen-bond donors (Lipinski definition) is 4. The number of rotatable bonds is 6. The molecule has 1 amide bonds. The molecule has 0 aliphatic carbocycles. The number of anilines is 2. The second-order valence-electron chi connectivity index (χ2n) is 4.63. The van der Waals surface area contributed by atoms with Crippen LogP contribution in [0.15, 0.2) is 24.3 Å². The fraction of sp³-hybridized carbons (Fsp3) is 0.417. The average Bonchev–Trinajstić information content (AvgIpc) is 2.35. The van der Waals surface area contributed by atoms with Crippen LogP contribution in [0, 0.1) is 5.92 Å². The lowest BCUT2D eigenvalue weighted by Crippen LogP contribution is -2.40. The lowest BCUT2D eigenvalue weighted by atomic mass is 9.99. The molecule has 0 fully saturated rings. The van der Waals surface area contributed by atoms with Gasteiger partial charge < -0.3 is 11.1 Å². The Hall–Kier alpha value is -1.64. The van der Waals surface area contributed by atoms with Gasteiger partial charge in [0.15, 0.2) is 0 Å². The Morgan fingerprint density at radius 2 is 1.95 bits per heavy atom. The van der Waals surface area contributed by atoms with E-state index in [0.717, 1.165) is 6.42 Å². The molecule has 0 spiro atoms. The second-order valence-corrected chi connectivity index (χ2v) is 5.92. The Balaban J connectivity index is 2.78. The highest BCUT2D eigenvalue weighted by molar-refractivity contribution is 7.90. The molecule has 0 bridgehead atoms. The van der Waals surface area contributed by atoms with Crippen LogP contribution >= 0.6 is 0 Å². The number of benzene rings is 1. The molecule has 1 aromatic carbocycles. The van der Waals surface area contributed by atoms with E-state index in [2.05, 4.69) is 10.0 Å². The molecule has 0 aliphatic heterocycles. The molecular weight excluding hydrogens is 280 g/mol. The number of carbonyl (C=O) groups excluding carboxylic acids is 1. The Morgan fingerprint density at radius 1 is 1.35 bits per heavy atom. The molecule has 1 rings (SSSR count). The van der Waals surface area contributed by atoms with Crippen molar-refractivity contribution in [1.82, 2.24) is 0 Å². The normalized spacial score (nSPS) is 14.4. The molecule has 6 N–H and O–H groups in total. The first-order valence-corrected chi connectivity index (χ1v) is 7.74. The lowest BCUT2D eigenvalue weighted by molar-refractivity contribution is -0.118. The summed E-state index contributed by atoms with van der Waals surface area (Å²) in [6.45, 7) is 3.84. The van der Waals surface area contributed by atoms with E-state index in [-0.39, 0.29) is 17.5 Å². The molecule has 0 saturated heterocycles. The highest BCUT2D eigenvalue weighted by Crippen LogP contribution is 2.16. The quantitative estimate of drug-likeness (QED) is 0.613. The molecule has 7 nitrogen and oxygen atoms in total. The van der Waals surface area contributed by atoms with E-state index in [1.54, 1.807) is 12.1 Å². The van der Waals surface area contributed by atoms with Gasteiger partial charge >= 0.3 is 0 Å². The van der Waals surface area contributed by atoms with Crippen molar-refractivity contribution in [1.29, 1.82) is 0 Å². The first kappa shape index (κ1) is 16.4. The maximum Gasteiger partial charge on any atom is 0.296 e. The maximum absolute atomic E-state index is 11.9. The third kappa shape index (κ3) is 5.16. The Bertz CT molecular complexity index is 574. The van der Waals surface area contributed by atoms with E-state index in [4.69, 9.17) is 10.9 Å². The molecule has 20 heavy (non-hydrogen) atoms. The summed E-state index contributed by atoms with van der Waals surface area (Å²) < 4.78 is 24.0. The van der Waals surface area contributed by atoms with Gasteiger partial charge in [-0.25, -0.2) is 5.14 Å². The van der Waals surface area contributed by atoms with Crippen LogP contribution < -0.4 is 20.9 Å². The zero-order chi connectivity index (χ0) is 15.3. The number of carbonyl (C=O) groups is 1. The van der Waals surface area contributed by atoms with Gasteiger partial charge in [-0.15, -0.1) is 0 Å². The molecule has 0 unspecified atom stereocenters. The van der Waals surface area contributed by atoms with Gasteiger partial charge in [-0.05, 0) is 24.1 Å². The summed E-state index contributed by atoms with van der Waals surface area (Å²) in [6.07, 6.45) is 0.793. The van der Waals surface area contributed by atoms with E-state index in [0.29, 0.717) is 5.69 Å². The van der Waals surface area contributed by atoms with Crippen molar-refractivity contribution >= 4 is 27.5 Å². The van der Waals surface area contributed by atoms with Crippen LogP contribution in [0.2, 0.25) is 0 Å². The molecular formula is C12H20N4O3S. The molecule has 2 atom stereocenters. The van der Waals surface area contributed by atoms with E-state index in [9.17, 15) is 13.2 Å². The minimum Gasteiger partial charge on any atom is -0.325 e. The molecule has 0 heterocycles. The first-order valence-electron chi connectivity index (χ1n) is 6.20. The predicted octanol–water partition coefficient (Wildman–Crippen LogP) is 0.614. The summed E-state index contributed by atoms with van der Waals surface area (Å²) in [5, 5.41) is 7.52. The van der Waals surface area contributed by atoms with Crippen molar-refractivity contribution in [3.8, 4) is 0 Å². The van der Waals surface area contributed by atoms with Crippen LogP contribution in [-0.4, -0.2) is 20.4 Å². The van der Waals surface area contributed by atoms with Gasteiger partial charge in [0.25, 0.3) is 10.2 Å². The van der Waals surface area contributed by atoms with Crippen molar-refractivity contribution in [3.63, 3.8) is 0 Å². The topological polar surface area (TPSA) is 127 Å².